The Morgan fingerprint density at radius 2 is 1.55 bits per heavy atom. The lowest BCUT2D eigenvalue weighted by molar-refractivity contribution is -0.705. The van der Waals surface area contributed by atoms with Gasteiger partial charge in [-0.3, -0.25) is 0 Å². The van der Waals surface area contributed by atoms with Gasteiger partial charge in [-0.15, -0.1) is 0 Å². The van der Waals surface area contributed by atoms with E-state index in [1.807, 2.05) is 34.6 Å². The second kappa shape index (κ2) is 9.16. The molecule has 9 heteroatoms. The summed E-state index contributed by atoms with van der Waals surface area (Å²) in [5.74, 6) is 0. The van der Waals surface area contributed by atoms with Gasteiger partial charge in [-0.25, -0.2) is 2.70 Å². The molecule has 1 N–H and O–H groups in total. The van der Waals surface area contributed by atoms with E-state index in [0.29, 0.717) is 19.6 Å². The molecule has 0 aliphatic carbocycles. The van der Waals surface area contributed by atoms with Gasteiger partial charge in [0, 0.05) is 47.2 Å². The van der Waals surface area contributed by atoms with Crippen LogP contribution in [-0.4, -0.2) is 61.3 Å². The van der Waals surface area contributed by atoms with Crippen LogP contribution in [0.15, 0.2) is 34.1 Å². The van der Waals surface area contributed by atoms with Crippen LogP contribution in [0, 0.1) is 13.8 Å². The fraction of sp³-hybridized carbons (Fsp3) is 0.458. The normalized spacial score (nSPS) is 22.8. The van der Waals surface area contributed by atoms with E-state index in [9.17, 15) is 9.90 Å². The molecular formula is C24H29IN4O3S. The maximum Gasteiger partial charge on any atom is 0.265 e. The van der Waals surface area contributed by atoms with Crippen LogP contribution in [0.1, 0.15) is 17.5 Å². The summed E-state index contributed by atoms with van der Waals surface area (Å²) in [6, 6.07) is 9.05. The summed E-state index contributed by atoms with van der Waals surface area (Å²) in [6.45, 7) is 10.4. The number of carboxylic acid groups (broad SMARTS) is 1. The number of carbonyl (C=O) groups excluding carboxylic acids is 1. The van der Waals surface area contributed by atoms with Crippen LogP contribution in [0.25, 0.3) is 0 Å². The summed E-state index contributed by atoms with van der Waals surface area (Å²) < 4.78 is 5.48. The van der Waals surface area contributed by atoms with Crippen LogP contribution in [0.3, 0.4) is 0 Å². The summed E-state index contributed by atoms with van der Waals surface area (Å²) in [7, 11) is 0. The minimum atomic E-state index is -0.998. The van der Waals surface area contributed by atoms with Crippen molar-refractivity contribution in [2.45, 2.75) is 30.1 Å². The predicted molar refractivity (Wildman–Crippen MR) is 139 cm³/mol. The Labute approximate surface area is 213 Å². The van der Waals surface area contributed by atoms with Gasteiger partial charge in [-0.1, -0.05) is 11.8 Å². The van der Waals surface area contributed by atoms with Crippen LogP contribution in [0.2, 0.25) is 0 Å². The Morgan fingerprint density at radius 3 is 2.12 bits per heavy atom. The van der Waals surface area contributed by atoms with E-state index >= 15 is 0 Å². The fourth-order valence-electron chi connectivity index (χ4n) is 4.84. The number of nitrogens with one attached hydrogen (secondary N) is 1. The molecule has 3 aliphatic rings. The van der Waals surface area contributed by atoms with Crippen molar-refractivity contribution in [1.29, 1.82) is 0 Å². The van der Waals surface area contributed by atoms with E-state index < -0.39 is 6.09 Å². The fourth-order valence-corrected chi connectivity index (χ4v) is 6.62. The first-order valence-corrected chi connectivity index (χ1v) is 13.2. The van der Waals surface area contributed by atoms with Gasteiger partial charge in [-0.05, 0) is 49.2 Å². The number of rotatable bonds is 2. The number of hydrogen-bond donors (Lipinski definition) is 1. The lowest BCUT2D eigenvalue weighted by Gasteiger charge is -2.32. The molecule has 2 fully saturated rings. The van der Waals surface area contributed by atoms with Crippen molar-refractivity contribution in [3.05, 3.63) is 35.4 Å². The Morgan fingerprint density at radius 1 is 0.970 bits per heavy atom. The number of hydrogen-bond acceptors (Lipinski definition) is 7. The molecule has 1 amide bonds. The Kier molecular flexibility index (Phi) is 6.41. The van der Waals surface area contributed by atoms with Gasteiger partial charge in [0.15, 0.2) is 0 Å². The highest BCUT2D eigenvalue weighted by Crippen LogP contribution is 2.49. The van der Waals surface area contributed by atoms with E-state index in [4.69, 9.17) is 4.74 Å². The van der Waals surface area contributed by atoms with E-state index in [1.54, 1.807) is 0 Å². The molecule has 0 spiro atoms. The third-order valence-electron chi connectivity index (χ3n) is 6.77. The molecule has 33 heavy (non-hydrogen) atoms. The van der Waals surface area contributed by atoms with Crippen LogP contribution < -0.4 is 20.2 Å². The number of nitrogens with zero attached hydrogens (tertiary/aromatic N) is 3. The summed E-state index contributed by atoms with van der Waals surface area (Å²) in [5, 5.41) is 15.3. The van der Waals surface area contributed by atoms with E-state index in [1.165, 1.54) is 38.0 Å². The molecule has 3 aliphatic heterocycles. The van der Waals surface area contributed by atoms with Crippen molar-refractivity contribution in [2.24, 2.45) is 0 Å². The third kappa shape index (κ3) is 4.52. The molecule has 2 aromatic rings. The van der Waals surface area contributed by atoms with E-state index in [0.717, 1.165) is 45.0 Å². The third-order valence-corrected chi connectivity index (χ3v) is 9.21. The summed E-state index contributed by atoms with van der Waals surface area (Å²) >= 11 is 3.84. The van der Waals surface area contributed by atoms with Crippen molar-refractivity contribution < 1.29 is 17.3 Å². The Hall–Kier alpha value is -1.69. The van der Waals surface area contributed by atoms with Crippen LogP contribution in [-0.2, 0) is 4.74 Å². The second-order valence-electron chi connectivity index (χ2n) is 9.02. The zero-order valence-corrected chi connectivity index (χ0v) is 22.0. The Bertz CT molecular complexity index is 1090. The molecule has 3 heterocycles. The lowest BCUT2D eigenvalue weighted by atomic mass is 10.1. The van der Waals surface area contributed by atoms with Crippen molar-refractivity contribution in [2.75, 3.05) is 67.6 Å². The first kappa shape index (κ1) is 23.1. The number of quaternary nitrogens is 1. The maximum absolute atomic E-state index is 11.6. The first-order chi connectivity index (χ1) is 15.8. The second-order valence-corrected chi connectivity index (χ2v) is 11.9. The number of aryl methyl sites for hydroxylation is 2. The molecule has 5 rings (SSSR count). The van der Waals surface area contributed by atoms with Gasteiger partial charge >= 0.3 is 0 Å². The molecule has 0 aromatic heterocycles. The molecule has 176 valence electrons. The van der Waals surface area contributed by atoms with Gasteiger partial charge in [0.05, 0.1) is 37.7 Å². The number of anilines is 4. The molecule has 2 saturated heterocycles. The zero-order chi connectivity index (χ0) is 23.2. The topological polar surface area (TPSA) is 67.9 Å². The summed E-state index contributed by atoms with van der Waals surface area (Å²) in [5.41, 5.74) is 7.23. The Balaban J connectivity index is 1.42. The average molecular weight is 580 g/mol. The van der Waals surface area contributed by atoms with Gasteiger partial charge in [0.2, 0.25) is 0 Å². The first-order valence-electron chi connectivity index (χ1n) is 11.4. The van der Waals surface area contributed by atoms with E-state index in [2.05, 4.69) is 53.2 Å². The maximum atomic E-state index is 11.6. The molecule has 0 bridgehead atoms. The molecule has 0 saturated carbocycles. The number of benzene rings is 2. The number of ether oxygens (including phenoxy) is 1. The standard InChI is InChI=1S/C24H29IN4O3S/c1-16-12-18(27-4-3-8-29(25,9-5-27)24(30)31)14-20-22(16)26-23-17(2)13-19(15-21(23)33-20)28-6-10-32-11-7-28/h12-15,26H,3-11H2,1-2H3. The average Bonchev–Trinajstić information content (AvgIpc) is 3.01. The molecule has 1 unspecified atom stereocenters. The number of halogens is 1. The smallest absolute Gasteiger partial charge is 0.265 e. The highest BCUT2D eigenvalue weighted by molar-refractivity contribution is 14.1. The minimum absolute atomic E-state index is 0.0501. The quantitative estimate of drug-likeness (QED) is 0.362. The number of morpholine rings is 1. The number of fused-ring (bicyclic) bond motifs is 2. The van der Waals surface area contributed by atoms with Crippen molar-refractivity contribution in [1.82, 2.24) is 0 Å². The van der Waals surface area contributed by atoms with Crippen LogP contribution in [0.4, 0.5) is 27.5 Å². The number of carbonyl (C=O) groups is 1. The van der Waals surface area contributed by atoms with Crippen molar-refractivity contribution >= 4 is 63.5 Å². The van der Waals surface area contributed by atoms with Crippen LogP contribution >= 0.6 is 34.6 Å². The van der Waals surface area contributed by atoms with Gasteiger partial charge in [0.1, 0.15) is 6.54 Å². The van der Waals surface area contributed by atoms with Gasteiger partial charge in [-0.2, -0.15) is 0 Å². The monoisotopic (exact) mass is 580 g/mol. The molecule has 0 radical (unpaired) electrons. The predicted octanol–water partition coefficient (Wildman–Crippen LogP) is 4.07. The zero-order valence-electron chi connectivity index (χ0n) is 19.0. The lowest BCUT2D eigenvalue weighted by Crippen LogP contribution is -2.52. The SMILES string of the molecule is Cc1cc(N2CCOCC2)cc2c1Nc1c(C)cc(N3CCC[N+](I)(C(=O)[O-])CC3)cc1S2. The summed E-state index contributed by atoms with van der Waals surface area (Å²) in [4.78, 5) is 18.8. The van der Waals surface area contributed by atoms with Crippen LogP contribution in [0.5, 0.6) is 0 Å². The summed E-state index contributed by atoms with van der Waals surface area (Å²) in [6.07, 6.45) is -0.175. The van der Waals surface area contributed by atoms with Gasteiger partial charge < -0.3 is 29.8 Å². The largest absolute Gasteiger partial charge is 0.498 e. The van der Waals surface area contributed by atoms with Crippen molar-refractivity contribution in [3.8, 4) is 0 Å². The highest BCUT2D eigenvalue weighted by Gasteiger charge is 2.32. The number of amides is 1. The van der Waals surface area contributed by atoms with Gasteiger partial charge in [0.25, 0.3) is 29.0 Å². The minimum Gasteiger partial charge on any atom is -0.498 e. The molecule has 1 atom stereocenters. The highest BCUT2D eigenvalue weighted by atomic mass is 127. The van der Waals surface area contributed by atoms with E-state index in [-0.39, 0.29) is 2.70 Å². The molecule has 7 nitrogen and oxygen atoms in total. The van der Waals surface area contributed by atoms with Crippen molar-refractivity contribution in [3.63, 3.8) is 0 Å². The molecular weight excluding hydrogens is 551 g/mol. The molecule has 2 aromatic carbocycles.